The first-order valence-electron chi connectivity index (χ1n) is 8.38. The zero-order valence-corrected chi connectivity index (χ0v) is 14.3. The van der Waals surface area contributed by atoms with E-state index >= 15 is 0 Å². The van der Waals surface area contributed by atoms with Gasteiger partial charge < -0.3 is 10.2 Å². The molecule has 6 nitrogen and oxygen atoms in total. The van der Waals surface area contributed by atoms with Crippen LogP contribution in [0.25, 0.3) is 0 Å². The molecular weight excluding hydrogens is 306 g/mol. The van der Waals surface area contributed by atoms with Crippen molar-refractivity contribution in [1.29, 1.82) is 0 Å². The van der Waals surface area contributed by atoms with Gasteiger partial charge in [-0.2, -0.15) is 0 Å². The number of rotatable bonds is 4. The van der Waals surface area contributed by atoms with Crippen molar-refractivity contribution in [3.05, 3.63) is 34.4 Å². The highest BCUT2D eigenvalue weighted by molar-refractivity contribution is 6.05. The van der Waals surface area contributed by atoms with Gasteiger partial charge in [-0.3, -0.25) is 19.7 Å². The van der Waals surface area contributed by atoms with E-state index in [1.54, 1.807) is 4.90 Å². The zero-order valence-electron chi connectivity index (χ0n) is 14.3. The summed E-state index contributed by atoms with van der Waals surface area (Å²) in [5.41, 5.74) is 4.07. The smallest absolute Gasteiger partial charge is 0.255 e. The fourth-order valence-corrected chi connectivity index (χ4v) is 3.78. The molecule has 3 amide bonds. The van der Waals surface area contributed by atoms with E-state index in [0.29, 0.717) is 18.5 Å². The van der Waals surface area contributed by atoms with E-state index in [1.807, 2.05) is 19.2 Å². The lowest BCUT2D eigenvalue weighted by atomic mass is 9.90. The normalized spacial score (nSPS) is 20.6. The Labute approximate surface area is 141 Å². The van der Waals surface area contributed by atoms with E-state index in [-0.39, 0.29) is 30.1 Å². The van der Waals surface area contributed by atoms with Crippen molar-refractivity contribution >= 4 is 17.7 Å². The quantitative estimate of drug-likeness (QED) is 0.816. The molecule has 1 fully saturated rings. The van der Waals surface area contributed by atoms with Crippen LogP contribution in [0.1, 0.15) is 59.7 Å². The number of imide groups is 1. The fraction of sp³-hybridized carbons (Fsp3) is 0.500. The second kappa shape index (κ2) is 6.36. The van der Waals surface area contributed by atoms with Crippen molar-refractivity contribution in [2.75, 3.05) is 7.05 Å². The number of carbonyl (C=O) groups excluding carboxylic acids is 3. The van der Waals surface area contributed by atoms with Crippen molar-refractivity contribution < 1.29 is 14.4 Å². The van der Waals surface area contributed by atoms with Crippen LogP contribution < -0.4 is 10.6 Å². The second-order valence-corrected chi connectivity index (χ2v) is 6.75. The number of carbonyl (C=O) groups is 3. The highest BCUT2D eigenvalue weighted by atomic mass is 16.2. The Hall–Kier alpha value is -2.21. The van der Waals surface area contributed by atoms with E-state index in [0.717, 1.165) is 12.1 Å². The molecule has 0 bridgehead atoms. The molecule has 2 N–H and O–H groups in total. The Morgan fingerprint density at radius 2 is 2.04 bits per heavy atom. The molecule has 128 valence electrons. The molecule has 0 aromatic heterocycles. The average Bonchev–Trinajstić information content (AvgIpc) is 2.84. The van der Waals surface area contributed by atoms with Crippen LogP contribution in [0.2, 0.25) is 0 Å². The molecule has 1 aromatic carbocycles. The Bertz CT molecular complexity index is 712. The summed E-state index contributed by atoms with van der Waals surface area (Å²) in [5, 5.41) is 5.51. The molecule has 1 saturated heterocycles. The lowest BCUT2D eigenvalue weighted by Crippen LogP contribution is -2.52. The molecule has 0 radical (unpaired) electrons. The summed E-state index contributed by atoms with van der Waals surface area (Å²) in [4.78, 5) is 37.9. The third kappa shape index (κ3) is 2.71. The SMILES string of the molecule is CNCc1ccc2c(c1C(C)C)CN(C1CCC(=O)NC1=O)C2=O. The summed E-state index contributed by atoms with van der Waals surface area (Å²) in [5.74, 6) is -0.455. The summed E-state index contributed by atoms with van der Waals surface area (Å²) in [6, 6.07) is 3.30. The largest absolute Gasteiger partial charge is 0.322 e. The van der Waals surface area contributed by atoms with E-state index in [1.165, 1.54) is 11.1 Å². The first-order valence-corrected chi connectivity index (χ1v) is 8.38. The summed E-state index contributed by atoms with van der Waals surface area (Å²) >= 11 is 0. The molecule has 2 heterocycles. The lowest BCUT2D eigenvalue weighted by molar-refractivity contribution is -0.136. The maximum atomic E-state index is 12.8. The Morgan fingerprint density at radius 1 is 1.29 bits per heavy atom. The molecule has 1 aromatic rings. The topological polar surface area (TPSA) is 78.5 Å². The molecular formula is C18H23N3O3. The van der Waals surface area contributed by atoms with Gasteiger partial charge in [0.25, 0.3) is 5.91 Å². The maximum Gasteiger partial charge on any atom is 0.255 e. The van der Waals surface area contributed by atoms with Crippen molar-refractivity contribution in [2.45, 2.75) is 51.7 Å². The minimum absolute atomic E-state index is 0.114. The molecule has 0 saturated carbocycles. The molecule has 0 spiro atoms. The van der Waals surface area contributed by atoms with Crippen LogP contribution in [0.15, 0.2) is 12.1 Å². The third-order valence-corrected chi connectivity index (χ3v) is 4.80. The van der Waals surface area contributed by atoms with Gasteiger partial charge in [0.2, 0.25) is 11.8 Å². The Balaban J connectivity index is 1.96. The summed E-state index contributed by atoms with van der Waals surface area (Å²) in [6.45, 7) is 5.42. The molecule has 6 heteroatoms. The Kier molecular flexibility index (Phi) is 4.41. The summed E-state index contributed by atoms with van der Waals surface area (Å²) in [7, 11) is 1.90. The van der Waals surface area contributed by atoms with Crippen LogP contribution >= 0.6 is 0 Å². The average molecular weight is 329 g/mol. The van der Waals surface area contributed by atoms with Crippen LogP contribution in [-0.4, -0.2) is 35.7 Å². The van der Waals surface area contributed by atoms with Crippen LogP contribution in [-0.2, 0) is 22.7 Å². The summed E-state index contributed by atoms with van der Waals surface area (Å²) in [6.07, 6.45) is 0.670. The van der Waals surface area contributed by atoms with E-state index in [2.05, 4.69) is 24.5 Å². The minimum atomic E-state index is -0.560. The van der Waals surface area contributed by atoms with Gasteiger partial charge in [0.1, 0.15) is 6.04 Å². The van der Waals surface area contributed by atoms with Crippen molar-refractivity contribution in [3.63, 3.8) is 0 Å². The number of fused-ring (bicyclic) bond motifs is 1. The highest BCUT2D eigenvalue weighted by Gasteiger charge is 2.40. The predicted octanol–water partition coefficient (Wildman–Crippen LogP) is 1.29. The van der Waals surface area contributed by atoms with E-state index in [4.69, 9.17) is 0 Å². The summed E-state index contributed by atoms with van der Waals surface area (Å²) < 4.78 is 0. The van der Waals surface area contributed by atoms with Gasteiger partial charge in [0.05, 0.1) is 0 Å². The van der Waals surface area contributed by atoms with Gasteiger partial charge >= 0.3 is 0 Å². The molecule has 24 heavy (non-hydrogen) atoms. The number of piperidine rings is 1. The van der Waals surface area contributed by atoms with Crippen molar-refractivity contribution in [2.24, 2.45) is 0 Å². The van der Waals surface area contributed by atoms with Gasteiger partial charge in [0, 0.05) is 25.1 Å². The molecule has 2 aliphatic rings. The van der Waals surface area contributed by atoms with Gasteiger partial charge in [-0.1, -0.05) is 19.9 Å². The van der Waals surface area contributed by atoms with Crippen LogP contribution in [0.4, 0.5) is 0 Å². The minimum Gasteiger partial charge on any atom is -0.322 e. The van der Waals surface area contributed by atoms with Gasteiger partial charge in [0.15, 0.2) is 0 Å². The standard InChI is InChI=1S/C18H23N3O3/c1-10(2)16-11(8-19-3)4-5-12-13(16)9-21(18(12)24)14-6-7-15(22)20-17(14)23/h4-5,10,14,19H,6-9H2,1-3H3,(H,20,22,23). The number of hydrogen-bond donors (Lipinski definition) is 2. The number of amides is 3. The van der Waals surface area contributed by atoms with E-state index < -0.39 is 6.04 Å². The highest BCUT2D eigenvalue weighted by Crippen LogP contribution is 2.35. The molecule has 3 rings (SSSR count). The molecule has 2 aliphatic heterocycles. The second-order valence-electron chi connectivity index (χ2n) is 6.75. The number of hydrogen-bond acceptors (Lipinski definition) is 4. The fourth-order valence-electron chi connectivity index (χ4n) is 3.78. The van der Waals surface area contributed by atoms with Crippen LogP contribution in [0.3, 0.4) is 0 Å². The molecule has 1 atom stereocenters. The Morgan fingerprint density at radius 3 is 2.67 bits per heavy atom. The van der Waals surface area contributed by atoms with E-state index in [9.17, 15) is 14.4 Å². The van der Waals surface area contributed by atoms with Gasteiger partial charge in [-0.15, -0.1) is 0 Å². The van der Waals surface area contributed by atoms with Crippen molar-refractivity contribution in [1.82, 2.24) is 15.5 Å². The van der Waals surface area contributed by atoms with Gasteiger partial charge in [-0.05, 0) is 42.1 Å². The molecule has 1 unspecified atom stereocenters. The predicted molar refractivity (Wildman–Crippen MR) is 89.3 cm³/mol. The molecule has 0 aliphatic carbocycles. The van der Waals surface area contributed by atoms with Gasteiger partial charge in [-0.25, -0.2) is 0 Å². The zero-order chi connectivity index (χ0) is 17.4. The third-order valence-electron chi connectivity index (χ3n) is 4.80. The first-order chi connectivity index (χ1) is 11.4. The number of nitrogens with zero attached hydrogens (tertiary/aromatic N) is 1. The monoisotopic (exact) mass is 329 g/mol. The number of benzene rings is 1. The van der Waals surface area contributed by atoms with Crippen LogP contribution in [0, 0.1) is 0 Å². The maximum absolute atomic E-state index is 12.8. The lowest BCUT2D eigenvalue weighted by Gasteiger charge is -2.29. The van der Waals surface area contributed by atoms with Crippen molar-refractivity contribution in [3.8, 4) is 0 Å². The van der Waals surface area contributed by atoms with Crippen LogP contribution in [0.5, 0.6) is 0 Å². The first kappa shape index (κ1) is 16.6. The number of nitrogens with one attached hydrogen (secondary N) is 2.